The second-order valence-electron chi connectivity index (χ2n) is 6.49. The van der Waals surface area contributed by atoms with Gasteiger partial charge >= 0.3 is 12.1 Å². The normalized spacial score (nSPS) is 25.2. The van der Waals surface area contributed by atoms with Gasteiger partial charge in [-0.25, -0.2) is 9.59 Å². The number of hydrogen-bond donors (Lipinski definition) is 0. The first-order valence-electron chi connectivity index (χ1n) is 6.94. The van der Waals surface area contributed by atoms with E-state index < -0.39 is 29.4 Å². The average molecular weight is 299 g/mol. The molecule has 1 aliphatic rings. The summed E-state index contributed by atoms with van der Waals surface area (Å²) in [6, 6.07) is -0.394. The fraction of sp³-hybridized carbons (Fsp3) is 0.733. The van der Waals surface area contributed by atoms with E-state index in [1.807, 2.05) is 6.92 Å². The Bertz CT molecular complexity index is 436. The lowest BCUT2D eigenvalue weighted by Gasteiger charge is -2.34. The molecule has 0 aromatic heterocycles. The van der Waals surface area contributed by atoms with E-state index in [0.717, 1.165) is 0 Å². The number of carbonyl (C=O) groups is 2. The van der Waals surface area contributed by atoms with Gasteiger partial charge < -0.3 is 14.2 Å². The number of rotatable bonds is 2. The summed E-state index contributed by atoms with van der Waals surface area (Å²) in [5.74, 6) is -0.476. The van der Waals surface area contributed by atoms with Crippen molar-refractivity contribution in [3.05, 3.63) is 12.2 Å². The largest absolute Gasteiger partial charge is 0.466 e. The summed E-state index contributed by atoms with van der Waals surface area (Å²) in [6.07, 6.45) is 2.17. The molecule has 1 saturated heterocycles. The molecule has 0 aromatic rings. The molecule has 0 saturated carbocycles. The molecular weight excluding hydrogens is 274 g/mol. The van der Waals surface area contributed by atoms with Crippen LogP contribution in [0.1, 0.15) is 41.5 Å². The van der Waals surface area contributed by atoms with E-state index >= 15 is 0 Å². The molecule has 0 N–H and O–H groups in total. The van der Waals surface area contributed by atoms with Gasteiger partial charge in [0.05, 0.1) is 19.3 Å². The third-order valence-electron chi connectivity index (χ3n) is 3.05. The van der Waals surface area contributed by atoms with Crippen LogP contribution in [0, 0.1) is 0 Å². The molecule has 0 radical (unpaired) electrons. The van der Waals surface area contributed by atoms with Crippen LogP contribution in [-0.4, -0.2) is 47.5 Å². The minimum atomic E-state index is -0.813. The van der Waals surface area contributed by atoms with Gasteiger partial charge in [0, 0.05) is 6.08 Å². The highest BCUT2D eigenvalue weighted by molar-refractivity contribution is 5.82. The SMILES string of the molecule is COC(=O)/C=C\[C@@H]1[C@@H](C)OC(C)(C)N1C(=O)OC(C)(C)C. The van der Waals surface area contributed by atoms with Gasteiger partial charge in [-0.3, -0.25) is 4.90 Å². The molecule has 21 heavy (non-hydrogen) atoms. The number of methoxy groups -OCH3 is 1. The number of nitrogens with zero attached hydrogens (tertiary/aromatic N) is 1. The minimum Gasteiger partial charge on any atom is -0.466 e. The molecule has 1 fully saturated rings. The molecular formula is C15H25NO5. The van der Waals surface area contributed by atoms with Crippen LogP contribution in [0.5, 0.6) is 0 Å². The third kappa shape index (κ3) is 4.46. The Labute approximate surface area is 126 Å². The summed E-state index contributed by atoms with van der Waals surface area (Å²) in [6.45, 7) is 10.8. The van der Waals surface area contributed by atoms with Gasteiger partial charge in [0.25, 0.3) is 0 Å². The predicted molar refractivity (Wildman–Crippen MR) is 77.6 cm³/mol. The van der Waals surface area contributed by atoms with Gasteiger partial charge in [0.15, 0.2) is 0 Å². The van der Waals surface area contributed by atoms with Crippen molar-refractivity contribution < 1.29 is 23.8 Å². The molecule has 1 aliphatic heterocycles. The molecule has 1 amide bonds. The smallest absolute Gasteiger partial charge is 0.413 e. The Balaban J connectivity index is 3.01. The fourth-order valence-electron chi connectivity index (χ4n) is 2.29. The number of amides is 1. The van der Waals surface area contributed by atoms with E-state index in [1.165, 1.54) is 18.1 Å². The van der Waals surface area contributed by atoms with E-state index in [0.29, 0.717) is 0 Å². The summed E-state index contributed by atoms with van der Waals surface area (Å²) in [7, 11) is 1.30. The lowest BCUT2D eigenvalue weighted by molar-refractivity contribution is -0.134. The Morgan fingerprint density at radius 2 is 1.86 bits per heavy atom. The van der Waals surface area contributed by atoms with Gasteiger partial charge in [-0.05, 0) is 41.5 Å². The molecule has 6 nitrogen and oxygen atoms in total. The fourth-order valence-corrected chi connectivity index (χ4v) is 2.29. The summed E-state index contributed by atoms with van der Waals surface area (Å²) in [4.78, 5) is 25.2. The van der Waals surface area contributed by atoms with Gasteiger partial charge in [0.2, 0.25) is 0 Å². The molecule has 0 aromatic carbocycles. The quantitative estimate of drug-likeness (QED) is 0.579. The summed E-state index contributed by atoms with van der Waals surface area (Å²) in [5, 5.41) is 0. The molecule has 120 valence electrons. The van der Waals surface area contributed by atoms with Gasteiger partial charge in [0.1, 0.15) is 11.3 Å². The first-order valence-corrected chi connectivity index (χ1v) is 6.94. The van der Waals surface area contributed by atoms with Crippen LogP contribution in [0.15, 0.2) is 12.2 Å². The summed E-state index contributed by atoms with van der Waals surface area (Å²) in [5.41, 5.74) is -1.41. The molecule has 0 aliphatic carbocycles. The van der Waals surface area contributed by atoms with Gasteiger partial charge in [-0.15, -0.1) is 0 Å². The molecule has 0 bridgehead atoms. The zero-order valence-electron chi connectivity index (χ0n) is 13.8. The van der Waals surface area contributed by atoms with Gasteiger partial charge in [-0.1, -0.05) is 6.08 Å². The third-order valence-corrected chi connectivity index (χ3v) is 3.05. The van der Waals surface area contributed by atoms with Crippen LogP contribution in [0.4, 0.5) is 4.79 Å². The van der Waals surface area contributed by atoms with Crippen molar-refractivity contribution in [1.29, 1.82) is 0 Å². The Morgan fingerprint density at radius 1 is 1.29 bits per heavy atom. The van der Waals surface area contributed by atoms with Crippen molar-refractivity contribution in [2.45, 2.75) is 65.0 Å². The van der Waals surface area contributed by atoms with Crippen molar-refractivity contribution in [3.8, 4) is 0 Å². The van der Waals surface area contributed by atoms with E-state index in [9.17, 15) is 9.59 Å². The maximum absolute atomic E-state index is 12.4. The lowest BCUT2D eigenvalue weighted by atomic mass is 10.1. The minimum absolute atomic E-state index is 0.256. The zero-order chi connectivity index (χ0) is 16.4. The lowest BCUT2D eigenvalue weighted by Crippen LogP contribution is -2.49. The highest BCUT2D eigenvalue weighted by atomic mass is 16.6. The van der Waals surface area contributed by atoms with Crippen molar-refractivity contribution in [2.24, 2.45) is 0 Å². The molecule has 2 atom stereocenters. The number of esters is 1. The standard InChI is InChI=1S/C15H25NO5/c1-10-11(8-9-12(17)19-7)16(15(5,6)20-10)13(18)21-14(2,3)4/h8-11H,1-7H3/b9-8-/t10-,11-/m1/s1. The van der Waals surface area contributed by atoms with Crippen LogP contribution < -0.4 is 0 Å². The van der Waals surface area contributed by atoms with Crippen molar-refractivity contribution in [3.63, 3.8) is 0 Å². The Morgan fingerprint density at radius 3 is 2.33 bits per heavy atom. The second kappa shape index (κ2) is 6.05. The van der Waals surface area contributed by atoms with Crippen LogP contribution in [0.2, 0.25) is 0 Å². The summed E-state index contributed by atoms with van der Waals surface area (Å²) < 4.78 is 15.8. The van der Waals surface area contributed by atoms with E-state index in [4.69, 9.17) is 9.47 Å². The molecule has 1 heterocycles. The van der Waals surface area contributed by atoms with Crippen LogP contribution >= 0.6 is 0 Å². The topological polar surface area (TPSA) is 65.1 Å². The van der Waals surface area contributed by atoms with Crippen molar-refractivity contribution in [2.75, 3.05) is 7.11 Å². The number of ether oxygens (including phenoxy) is 3. The first kappa shape index (κ1) is 17.5. The average Bonchev–Trinajstić information content (AvgIpc) is 2.52. The Kier molecular flexibility index (Phi) is 5.04. The Hall–Kier alpha value is -1.56. The molecule has 6 heteroatoms. The van der Waals surface area contributed by atoms with Crippen molar-refractivity contribution in [1.82, 2.24) is 4.90 Å². The van der Waals surface area contributed by atoms with E-state index in [2.05, 4.69) is 4.74 Å². The van der Waals surface area contributed by atoms with E-state index in [-0.39, 0.29) is 6.10 Å². The van der Waals surface area contributed by atoms with Gasteiger partial charge in [-0.2, -0.15) is 0 Å². The van der Waals surface area contributed by atoms with Crippen LogP contribution in [0.3, 0.4) is 0 Å². The van der Waals surface area contributed by atoms with E-state index in [1.54, 1.807) is 40.7 Å². The highest BCUT2D eigenvalue weighted by Gasteiger charge is 2.48. The maximum atomic E-state index is 12.4. The summed E-state index contributed by atoms with van der Waals surface area (Å²) >= 11 is 0. The first-order chi connectivity index (χ1) is 9.48. The predicted octanol–water partition coefficient (Wildman–Crippen LogP) is 2.48. The number of carbonyl (C=O) groups excluding carboxylic acids is 2. The van der Waals surface area contributed by atoms with Crippen LogP contribution in [0.25, 0.3) is 0 Å². The second-order valence-corrected chi connectivity index (χ2v) is 6.49. The zero-order valence-corrected chi connectivity index (χ0v) is 13.8. The van der Waals surface area contributed by atoms with Crippen LogP contribution in [-0.2, 0) is 19.0 Å². The number of hydrogen-bond acceptors (Lipinski definition) is 5. The maximum Gasteiger partial charge on any atom is 0.413 e. The highest BCUT2D eigenvalue weighted by Crippen LogP contribution is 2.34. The van der Waals surface area contributed by atoms with Crippen molar-refractivity contribution >= 4 is 12.1 Å². The monoisotopic (exact) mass is 299 g/mol. The molecule has 1 rings (SSSR count). The molecule has 0 spiro atoms. The molecule has 0 unspecified atom stereocenters.